The van der Waals surface area contributed by atoms with Crippen LogP contribution in [0.2, 0.25) is 0 Å². The fourth-order valence-electron chi connectivity index (χ4n) is 5.00. The quantitative estimate of drug-likeness (QED) is 0.454. The first-order valence-electron chi connectivity index (χ1n) is 13.2. The van der Waals surface area contributed by atoms with Crippen LogP contribution in [0, 0.1) is 13.8 Å². The van der Waals surface area contributed by atoms with Crippen molar-refractivity contribution in [2.24, 2.45) is 0 Å². The number of aliphatic hydroxyl groups excluding tert-OH is 2. The van der Waals surface area contributed by atoms with Crippen molar-refractivity contribution in [2.75, 3.05) is 26.8 Å². The highest BCUT2D eigenvalue weighted by atomic mass is 16.6. The van der Waals surface area contributed by atoms with E-state index in [9.17, 15) is 10.2 Å². The Balaban J connectivity index is 1.25. The summed E-state index contributed by atoms with van der Waals surface area (Å²) in [5, 5.41) is 23.1. The molecule has 198 valence electrons. The molecule has 2 aliphatic rings. The first-order valence-corrected chi connectivity index (χ1v) is 13.2. The lowest BCUT2D eigenvalue weighted by atomic mass is 9.94. The molecule has 3 unspecified atom stereocenters. The summed E-state index contributed by atoms with van der Waals surface area (Å²) in [7, 11) is 1.96. The molecule has 0 radical (unpaired) electrons. The van der Waals surface area contributed by atoms with Gasteiger partial charge in [0.15, 0.2) is 0 Å². The number of hydrogen-bond donors (Lipinski definition) is 3. The van der Waals surface area contributed by atoms with Crippen LogP contribution in [0.3, 0.4) is 0 Å². The number of aryl methyl sites for hydroxylation is 2. The Kier molecular flexibility index (Phi) is 9.62. The minimum absolute atomic E-state index is 0.127. The Bertz CT molecular complexity index is 934. The highest BCUT2D eigenvalue weighted by Gasteiger charge is 2.33. The van der Waals surface area contributed by atoms with Crippen LogP contribution in [0.4, 0.5) is 0 Å². The summed E-state index contributed by atoms with van der Waals surface area (Å²) in [5.41, 5.74) is 3.42. The number of nitrogens with one attached hydrogen (secondary N) is 1. The fraction of sp³-hybridized carbons (Fsp3) is 0.586. The van der Waals surface area contributed by atoms with Crippen molar-refractivity contribution in [3.05, 3.63) is 53.1 Å². The van der Waals surface area contributed by atoms with Gasteiger partial charge in [0.2, 0.25) is 0 Å². The van der Waals surface area contributed by atoms with Crippen molar-refractivity contribution in [1.29, 1.82) is 0 Å². The molecular weight excluding hydrogens is 458 g/mol. The van der Waals surface area contributed by atoms with Gasteiger partial charge in [-0.3, -0.25) is 0 Å². The van der Waals surface area contributed by atoms with Crippen LogP contribution in [0.1, 0.15) is 48.8 Å². The minimum Gasteiger partial charge on any atom is -0.490 e. The topological polar surface area (TPSA) is 89.4 Å². The summed E-state index contributed by atoms with van der Waals surface area (Å²) in [5.74, 6) is 2.58. The highest BCUT2D eigenvalue weighted by molar-refractivity contribution is 5.47. The normalized spacial score (nSPS) is 26.5. The van der Waals surface area contributed by atoms with Gasteiger partial charge in [-0.1, -0.05) is 12.1 Å². The number of hydrogen-bond acceptors (Lipinski definition) is 7. The van der Waals surface area contributed by atoms with Crippen molar-refractivity contribution in [1.82, 2.24) is 5.32 Å². The lowest BCUT2D eigenvalue weighted by Crippen LogP contribution is -2.47. The molecule has 2 fully saturated rings. The SMILES string of the molecule is CNCCc1ccc(Oc2cc(C)c(OC3CCC(OCC4OCCC(O)C4O)CC3)c(C)c2)cc1. The Morgan fingerprint density at radius 2 is 1.58 bits per heavy atom. The van der Waals surface area contributed by atoms with Crippen molar-refractivity contribution in [3.8, 4) is 17.2 Å². The van der Waals surface area contributed by atoms with E-state index in [-0.39, 0.29) is 12.2 Å². The Labute approximate surface area is 214 Å². The molecule has 1 saturated carbocycles. The molecule has 3 N–H and O–H groups in total. The van der Waals surface area contributed by atoms with Crippen molar-refractivity contribution >= 4 is 0 Å². The average molecular weight is 500 g/mol. The zero-order chi connectivity index (χ0) is 25.5. The van der Waals surface area contributed by atoms with E-state index >= 15 is 0 Å². The molecule has 3 atom stereocenters. The molecule has 1 heterocycles. The van der Waals surface area contributed by atoms with Crippen LogP contribution >= 0.6 is 0 Å². The molecule has 1 aliphatic heterocycles. The van der Waals surface area contributed by atoms with E-state index < -0.39 is 18.3 Å². The molecule has 7 heteroatoms. The van der Waals surface area contributed by atoms with Crippen LogP contribution in [0.5, 0.6) is 17.2 Å². The fourth-order valence-corrected chi connectivity index (χ4v) is 5.00. The molecule has 1 aliphatic carbocycles. The molecule has 0 bridgehead atoms. The van der Waals surface area contributed by atoms with E-state index in [1.165, 1.54) is 5.56 Å². The lowest BCUT2D eigenvalue weighted by Gasteiger charge is -2.34. The summed E-state index contributed by atoms with van der Waals surface area (Å²) in [6, 6.07) is 12.3. The summed E-state index contributed by atoms with van der Waals surface area (Å²) < 4.78 is 24.1. The van der Waals surface area contributed by atoms with Gasteiger partial charge in [-0.05, 0) is 107 Å². The smallest absolute Gasteiger partial charge is 0.128 e. The lowest BCUT2D eigenvalue weighted by molar-refractivity contribution is -0.164. The standard InChI is InChI=1S/C29H41NO6/c1-19-16-25(35-23-6-4-21(5-7-23)12-14-30-3)17-20(2)29(19)36-24-10-8-22(9-11-24)34-18-27-28(32)26(31)13-15-33-27/h4-7,16-17,22,24,26-28,30-32H,8-15,18H2,1-3H3. The first-order chi connectivity index (χ1) is 17.4. The molecule has 1 saturated heterocycles. The molecule has 0 amide bonds. The molecule has 2 aromatic carbocycles. The van der Waals surface area contributed by atoms with Crippen molar-refractivity contribution in [2.45, 2.75) is 82.9 Å². The van der Waals surface area contributed by atoms with Gasteiger partial charge < -0.3 is 34.5 Å². The summed E-state index contributed by atoms with van der Waals surface area (Å²) in [4.78, 5) is 0. The molecule has 0 spiro atoms. The number of rotatable bonds is 10. The second-order valence-corrected chi connectivity index (χ2v) is 10.1. The largest absolute Gasteiger partial charge is 0.490 e. The molecule has 7 nitrogen and oxygen atoms in total. The van der Waals surface area contributed by atoms with Crippen molar-refractivity contribution in [3.63, 3.8) is 0 Å². The van der Waals surface area contributed by atoms with Gasteiger partial charge in [0, 0.05) is 6.61 Å². The third kappa shape index (κ3) is 7.20. The number of ether oxygens (including phenoxy) is 4. The average Bonchev–Trinajstić information content (AvgIpc) is 2.87. The van der Waals surface area contributed by atoms with Crippen LogP contribution in [-0.4, -0.2) is 67.5 Å². The van der Waals surface area contributed by atoms with E-state index in [4.69, 9.17) is 18.9 Å². The maximum absolute atomic E-state index is 10.1. The number of benzene rings is 2. The summed E-state index contributed by atoms with van der Waals surface area (Å²) in [6.45, 7) is 5.86. The van der Waals surface area contributed by atoms with Gasteiger partial charge in [-0.2, -0.15) is 0 Å². The van der Waals surface area contributed by atoms with Crippen LogP contribution in [0.25, 0.3) is 0 Å². The zero-order valence-electron chi connectivity index (χ0n) is 21.7. The van der Waals surface area contributed by atoms with E-state index in [0.717, 1.165) is 67.0 Å². The molecular formula is C29H41NO6. The summed E-state index contributed by atoms with van der Waals surface area (Å²) >= 11 is 0. The second-order valence-electron chi connectivity index (χ2n) is 10.1. The summed E-state index contributed by atoms with van der Waals surface area (Å²) in [6.07, 6.45) is 3.32. The van der Waals surface area contributed by atoms with Gasteiger partial charge in [0.05, 0.1) is 24.9 Å². The van der Waals surface area contributed by atoms with Gasteiger partial charge in [0.1, 0.15) is 29.5 Å². The molecule has 4 rings (SSSR count). The van der Waals surface area contributed by atoms with E-state index in [1.807, 2.05) is 31.3 Å². The first kappa shape index (κ1) is 26.9. The molecule has 2 aromatic rings. The molecule has 36 heavy (non-hydrogen) atoms. The zero-order valence-corrected chi connectivity index (χ0v) is 21.7. The molecule has 0 aromatic heterocycles. The van der Waals surface area contributed by atoms with Crippen LogP contribution in [0.15, 0.2) is 36.4 Å². The predicted octanol–water partition coefficient (Wildman–Crippen LogP) is 4.07. The van der Waals surface area contributed by atoms with E-state index in [0.29, 0.717) is 19.6 Å². The van der Waals surface area contributed by atoms with Crippen molar-refractivity contribution < 1.29 is 29.2 Å². The maximum atomic E-state index is 10.1. The third-order valence-corrected chi connectivity index (χ3v) is 7.18. The van der Waals surface area contributed by atoms with Gasteiger partial charge in [-0.15, -0.1) is 0 Å². The Morgan fingerprint density at radius 1 is 0.917 bits per heavy atom. The minimum atomic E-state index is -0.876. The van der Waals surface area contributed by atoms with E-state index in [2.05, 4.69) is 31.3 Å². The highest BCUT2D eigenvalue weighted by Crippen LogP contribution is 2.34. The van der Waals surface area contributed by atoms with Gasteiger partial charge in [-0.25, -0.2) is 0 Å². The Hall–Kier alpha value is -2.16. The maximum Gasteiger partial charge on any atom is 0.128 e. The van der Waals surface area contributed by atoms with E-state index in [1.54, 1.807) is 0 Å². The monoisotopic (exact) mass is 499 g/mol. The van der Waals surface area contributed by atoms with Gasteiger partial charge >= 0.3 is 0 Å². The predicted molar refractivity (Wildman–Crippen MR) is 139 cm³/mol. The third-order valence-electron chi connectivity index (χ3n) is 7.18. The number of aliphatic hydroxyl groups is 2. The van der Waals surface area contributed by atoms with Gasteiger partial charge in [0.25, 0.3) is 0 Å². The number of likely N-dealkylation sites (N-methyl/N-ethyl adjacent to an activating group) is 1. The second kappa shape index (κ2) is 12.9. The van der Waals surface area contributed by atoms with Crippen LogP contribution in [-0.2, 0) is 15.9 Å². The Morgan fingerprint density at radius 3 is 2.25 bits per heavy atom. The van der Waals surface area contributed by atoms with Crippen LogP contribution < -0.4 is 14.8 Å².